The van der Waals surface area contributed by atoms with Gasteiger partial charge in [-0.25, -0.2) is 0 Å². The maximum Gasteiger partial charge on any atom is 0.0700 e. The van der Waals surface area contributed by atoms with Crippen molar-refractivity contribution < 1.29 is 9.47 Å². The first kappa shape index (κ1) is 13.9. The predicted octanol–water partition coefficient (Wildman–Crippen LogP) is 0.581. The van der Waals surface area contributed by atoms with Crippen molar-refractivity contribution in [2.45, 2.75) is 12.8 Å². The van der Waals surface area contributed by atoms with Crippen molar-refractivity contribution in [3.8, 4) is 0 Å². The van der Waals surface area contributed by atoms with E-state index >= 15 is 0 Å². The molecule has 0 amide bonds. The number of nitrogens with zero attached hydrogens (tertiary/aromatic N) is 1. The lowest BCUT2D eigenvalue weighted by atomic mass is 9.99. The predicted molar refractivity (Wildman–Crippen MR) is 65.8 cm³/mol. The summed E-state index contributed by atoms with van der Waals surface area (Å²) in [5, 5.41) is 3.45. The minimum absolute atomic E-state index is 0.691. The van der Waals surface area contributed by atoms with E-state index in [0.29, 0.717) is 13.2 Å². The summed E-state index contributed by atoms with van der Waals surface area (Å²) < 4.78 is 10.4. The maximum atomic E-state index is 5.45. The molecule has 1 unspecified atom stereocenters. The van der Waals surface area contributed by atoms with Gasteiger partial charge in [0.25, 0.3) is 0 Å². The van der Waals surface area contributed by atoms with Crippen molar-refractivity contribution in [2.24, 2.45) is 5.92 Å². The van der Waals surface area contributed by atoms with Gasteiger partial charge in [0.05, 0.1) is 19.8 Å². The van der Waals surface area contributed by atoms with Gasteiger partial charge in [-0.05, 0) is 38.9 Å². The molecule has 0 bridgehead atoms. The van der Waals surface area contributed by atoms with E-state index in [-0.39, 0.29) is 0 Å². The van der Waals surface area contributed by atoms with Crippen molar-refractivity contribution in [2.75, 3.05) is 60.2 Å². The first-order chi connectivity index (χ1) is 7.83. The van der Waals surface area contributed by atoms with E-state index in [1.54, 1.807) is 7.11 Å². The molecule has 0 aliphatic carbocycles. The first-order valence-corrected chi connectivity index (χ1v) is 6.29. The number of likely N-dealkylation sites (N-methyl/N-ethyl adjacent to an activating group) is 1. The van der Waals surface area contributed by atoms with Crippen LogP contribution in [0.2, 0.25) is 0 Å². The van der Waals surface area contributed by atoms with Crippen LogP contribution in [0.4, 0.5) is 0 Å². The summed E-state index contributed by atoms with van der Waals surface area (Å²) in [6.07, 6.45) is 2.69. The standard InChI is InChI=1S/C12H26N2O2/c1-14(6-7-16-9-8-15-2)11-12-4-3-5-13-10-12/h12-13H,3-11H2,1-2H3. The molecule has 0 aromatic carbocycles. The molecule has 1 aliphatic rings. The van der Waals surface area contributed by atoms with E-state index in [1.807, 2.05) is 0 Å². The van der Waals surface area contributed by atoms with Gasteiger partial charge in [-0.2, -0.15) is 0 Å². The van der Waals surface area contributed by atoms with Gasteiger partial charge in [-0.3, -0.25) is 0 Å². The maximum absolute atomic E-state index is 5.45. The fourth-order valence-corrected chi connectivity index (χ4v) is 2.08. The monoisotopic (exact) mass is 230 g/mol. The van der Waals surface area contributed by atoms with E-state index in [4.69, 9.17) is 9.47 Å². The zero-order chi connectivity index (χ0) is 11.6. The van der Waals surface area contributed by atoms with Crippen LogP contribution in [0.1, 0.15) is 12.8 Å². The summed E-state index contributed by atoms with van der Waals surface area (Å²) in [4.78, 5) is 2.37. The van der Waals surface area contributed by atoms with Gasteiger partial charge in [0.1, 0.15) is 0 Å². The van der Waals surface area contributed by atoms with E-state index in [0.717, 1.165) is 19.1 Å². The van der Waals surface area contributed by atoms with E-state index in [1.165, 1.54) is 32.5 Å². The van der Waals surface area contributed by atoms with Gasteiger partial charge in [0, 0.05) is 20.2 Å². The lowest BCUT2D eigenvalue weighted by Crippen LogP contribution is -2.37. The minimum Gasteiger partial charge on any atom is -0.382 e. The van der Waals surface area contributed by atoms with Crippen LogP contribution in [0, 0.1) is 5.92 Å². The Hall–Kier alpha value is -0.160. The lowest BCUT2D eigenvalue weighted by molar-refractivity contribution is 0.0582. The topological polar surface area (TPSA) is 33.7 Å². The third-order valence-electron chi connectivity index (χ3n) is 3.02. The van der Waals surface area contributed by atoms with Crippen LogP contribution in [-0.2, 0) is 9.47 Å². The molecule has 16 heavy (non-hydrogen) atoms. The van der Waals surface area contributed by atoms with Crippen molar-refractivity contribution in [3.05, 3.63) is 0 Å². The molecule has 4 heteroatoms. The molecule has 1 atom stereocenters. The quantitative estimate of drug-likeness (QED) is 0.619. The Morgan fingerprint density at radius 3 is 2.88 bits per heavy atom. The number of nitrogens with one attached hydrogen (secondary N) is 1. The molecule has 0 aromatic rings. The number of methoxy groups -OCH3 is 1. The third kappa shape index (κ3) is 6.43. The Morgan fingerprint density at radius 2 is 2.19 bits per heavy atom. The molecule has 96 valence electrons. The summed E-state index contributed by atoms with van der Waals surface area (Å²) >= 11 is 0. The average Bonchev–Trinajstić information content (AvgIpc) is 2.30. The second-order valence-corrected chi connectivity index (χ2v) is 4.58. The SMILES string of the molecule is COCCOCCN(C)CC1CCCNC1. The normalized spacial score (nSPS) is 21.6. The fourth-order valence-electron chi connectivity index (χ4n) is 2.08. The Bertz CT molecular complexity index is 161. The summed E-state index contributed by atoms with van der Waals surface area (Å²) in [6.45, 7) is 6.77. The fraction of sp³-hybridized carbons (Fsp3) is 1.00. The third-order valence-corrected chi connectivity index (χ3v) is 3.02. The van der Waals surface area contributed by atoms with Crippen LogP contribution in [0.5, 0.6) is 0 Å². The molecule has 0 spiro atoms. The number of piperidine rings is 1. The van der Waals surface area contributed by atoms with Crippen molar-refractivity contribution in [3.63, 3.8) is 0 Å². The minimum atomic E-state index is 0.691. The molecule has 4 nitrogen and oxygen atoms in total. The van der Waals surface area contributed by atoms with Gasteiger partial charge >= 0.3 is 0 Å². The smallest absolute Gasteiger partial charge is 0.0700 e. The molecule has 1 rings (SSSR count). The Kier molecular flexibility index (Phi) is 7.76. The lowest BCUT2D eigenvalue weighted by Gasteiger charge is -2.27. The zero-order valence-corrected chi connectivity index (χ0v) is 10.7. The van der Waals surface area contributed by atoms with Crippen LogP contribution in [0.25, 0.3) is 0 Å². The van der Waals surface area contributed by atoms with Crippen LogP contribution in [0.15, 0.2) is 0 Å². The molecular weight excluding hydrogens is 204 g/mol. The summed E-state index contributed by atoms with van der Waals surface area (Å²) in [6, 6.07) is 0. The van der Waals surface area contributed by atoms with E-state index in [9.17, 15) is 0 Å². The summed E-state index contributed by atoms with van der Waals surface area (Å²) in [5.41, 5.74) is 0. The summed E-state index contributed by atoms with van der Waals surface area (Å²) in [5.74, 6) is 0.817. The van der Waals surface area contributed by atoms with Gasteiger partial charge < -0.3 is 19.7 Å². The number of rotatable bonds is 8. The second kappa shape index (κ2) is 8.93. The van der Waals surface area contributed by atoms with Crippen LogP contribution in [0.3, 0.4) is 0 Å². The van der Waals surface area contributed by atoms with Crippen LogP contribution < -0.4 is 5.32 Å². The van der Waals surface area contributed by atoms with Crippen molar-refractivity contribution in [1.29, 1.82) is 0 Å². The highest BCUT2D eigenvalue weighted by Crippen LogP contribution is 2.10. The first-order valence-electron chi connectivity index (χ1n) is 6.29. The zero-order valence-electron chi connectivity index (χ0n) is 10.7. The highest BCUT2D eigenvalue weighted by atomic mass is 16.5. The molecular formula is C12H26N2O2. The number of hydrogen-bond donors (Lipinski definition) is 1. The molecule has 1 heterocycles. The molecule has 1 aliphatic heterocycles. The van der Waals surface area contributed by atoms with Crippen molar-refractivity contribution >= 4 is 0 Å². The number of hydrogen-bond acceptors (Lipinski definition) is 4. The molecule has 0 saturated carbocycles. The van der Waals surface area contributed by atoms with Crippen LogP contribution in [-0.4, -0.2) is 65.1 Å². The molecule has 0 aromatic heterocycles. The Labute approximate surface area is 99.3 Å². The van der Waals surface area contributed by atoms with E-state index < -0.39 is 0 Å². The Morgan fingerprint density at radius 1 is 1.31 bits per heavy atom. The molecule has 1 N–H and O–H groups in total. The molecule has 1 saturated heterocycles. The second-order valence-electron chi connectivity index (χ2n) is 4.58. The van der Waals surface area contributed by atoms with Gasteiger partial charge in [-0.1, -0.05) is 0 Å². The van der Waals surface area contributed by atoms with Gasteiger partial charge in [0.15, 0.2) is 0 Å². The highest BCUT2D eigenvalue weighted by molar-refractivity contribution is 4.71. The van der Waals surface area contributed by atoms with Crippen molar-refractivity contribution in [1.82, 2.24) is 10.2 Å². The van der Waals surface area contributed by atoms with Gasteiger partial charge in [0.2, 0.25) is 0 Å². The molecule has 1 fully saturated rings. The van der Waals surface area contributed by atoms with Crippen LogP contribution >= 0.6 is 0 Å². The highest BCUT2D eigenvalue weighted by Gasteiger charge is 2.14. The molecule has 0 radical (unpaired) electrons. The number of ether oxygens (including phenoxy) is 2. The van der Waals surface area contributed by atoms with Gasteiger partial charge in [-0.15, -0.1) is 0 Å². The average molecular weight is 230 g/mol. The largest absolute Gasteiger partial charge is 0.382 e. The van der Waals surface area contributed by atoms with E-state index in [2.05, 4.69) is 17.3 Å². The summed E-state index contributed by atoms with van der Waals surface area (Å²) in [7, 11) is 3.87. The Balaban J connectivity index is 1.95.